The Kier molecular flexibility index (Phi) is 4.33. The molecule has 0 saturated heterocycles. The molecule has 6 nitrogen and oxygen atoms in total. The molecule has 1 amide bonds. The largest absolute Gasteiger partial charge is 0.329 e. The molecular weight excluding hydrogens is 302 g/mol. The van der Waals surface area contributed by atoms with Crippen LogP contribution in [-0.2, 0) is 0 Å². The normalized spacial score (nSPS) is 17.4. The van der Waals surface area contributed by atoms with E-state index in [4.69, 9.17) is 5.73 Å². The van der Waals surface area contributed by atoms with Crippen molar-refractivity contribution >= 4 is 11.6 Å². The minimum Gasteiger partial charge on any atom is -0.329 e. The summed E-state index contributed by atoms with van der Waals surface area (Å²) in [4.78, 5) is 16.3. The van der Waals surface area contributed by atoms with E-state index in [2.05, 4.69) is 22.4 Å². The maximum Gasteiger partial charge on any atom is 0.265 e. The topological polar surface area (TPSA) is 84.4 Å². The van der Waals surface area contributed by atoms with Crippen LogP contribution in [-0.4, -0.2) is 24.1 Å². The minimum absolute atomic E-state index is 0.121. The second-order valence-electron chi connectivity index (χ2n) is 5.79. The number of hydrazine groups is 1. The quantitative estimate of drug-likeness (QED) is 0.790. The number of nitrogens with zero attached hydrogens (tertiary/aromatic N) is 2. The molecular formula is C18H21N5O. The van der Waals surface area contributed by atoms with Crippen molar-refractivity contribution in [1.82, 2.24) is 15.4 Å². The van der Waals surface area contributed by atoms with Crippen LogP contribution in [0.3, 0.4) is 0 Å². The van der Waals surface area contributed by atoms with E-state index in [1.54, 1.807) is 7.05 Å². The van der Waals surface area contributed by atoms with Crippen LogP contribution in [0.2, 0.25) is 0 Å². The van der Waals surface area contributed by atoms with Crippen molar-refractivity contribution < 1.29 is 4.79 Å². The molecule has 2 aromatic rings. The lowest BCUT2D eigenvalue weighted by atomic mass is 9.95. The Morgan fingerprint density at radius 1 is 1.38 bits per heavy atom. The van der Waals surface area contributed by atoms with Crippen LogP contribution < -0.4 is 22.1 Å². The Bertz CT molecular complexity index is 881. The van der Waals surface area contributed by atoms with Gasteiger partial charge in [0.25, 0.3) is 5.91 Å². The van der Waals surface area contributed by atoms with Gasteiger partial charge in [-0.1, -0.05) is 12.6 Å². The maximum atomic E-state index is 12.0. The molecule has 124 valence electrons. The Morgan fingerprint density at radius 3 is 2.88 bits per heavy atom. The number of fused-ring (bicyclic) bond motifs is 1. The predicted molar refractivity (Wildman–Crippen MR) is 93.9 cm³/mol. The monoisotopic (exact) mass is 323 g/mol. The summed E-state index contributed by atoms with van der Waals surface area (Å²) in [5, 5.41) is 0. The van der Waals surface area contributed by atoms with Gasteiger partial charge in [-0.3, -0.25) is 15.2 Å². The Morgan fingerprint density at radius 2 is 2.17 bits per heavy atom. The highest BCUT2D eigenvalue weighted by Crippen LogP contribution is 2.25. The molecule has 3 rings (SSSR count). The summed E-state index contributed by atoms with van der Waals surface area (Å²) in [6, 6.07) is 9.56. The van der Waals surface area contributed by atoms with Gasteiger partial charge in [-0.05, 0) is 47.9 Å². The van der Waals surface area contributed by atoms with Gasteiger partial charge in [-0.25, -0.2) is 5.43 Å². The lowest BCUT2D eigenvalue weighted by molar-refractivity contribution is 0.0909. The average Bonchev–Trinajstić information content (AvgIpc) is 2.61. The first kappa shape index (κ1) is 16.2. The molecule has 1 atom stereocenters. The average molecular weight is 323 g/mol. The zero-order valence-electron chi connectivity index (χ0n) is 13.8. The van der Waals surface area contributed by atoms with Crippen LogP contribution in [0.5, 0.6) is 0 Å². The molecule has 0 bridgehead atoms. The number of benzene rings is 1. The molecule has 1 aromatic heterocycles. The first-order valence-electron chi connectivity index (χ1n) is 7.77. The second-order valence-corrected chi connectivity index (χ2v) is 5.79. The van der Waals surface area contributed by atoms with Crippen molar-refractivity contribution in [2.75, 3.05) is 13.6 Å². The number of aromatic nitrogens is 1. The van der Waals surface area contributed by atoms with E-state index < -0.39 is 0 Å². The molecule has 2 heterocycles. The van der Waals surface area contributed by atoms with Gasteiger partial charge in [0.2, 0.25) is 0 Å². The van der Waals surface area contributed by atoms with Crippen molar-refractivity contribution in [3.8, 4) is 0 Å². The zero-order valence-corrected chi connectivity index (χ0v) is 13.8. The number of rotatable bonds is 3. The SMILES string of the molecule is C=C(c1ccc2c(c1)C(CN)NNC2=O)n1ccc(C)c/c1=N/C. The van der Waals surface area contributed by atoms with Crippen LogP contribution in [0.1, 0.15) is 33.1 Å². The fourth-order valence-electron chi connectivity index (χ4n) is 2.85. The Balaban J connectivity index is 2.08. The molecule has 0 spiro atoms. The van der Waals surface area contributed by atoms with Crippen LogP contribution in [0.25, 0.3) is 5.70 Å². The first-order chi connectivity index (χ1) is 11.5. The van der Waals surface area contributed by atoms with Gasteiger partial charge in [0, 0.05) is 31.0 Å². The van der Waals surface area contributed by atoms with Gasteiger partial charge in [0.15, 0.2) is 0 Å². The van der Waals surface area contributed by atoms with Gasteiger partial charge in [0.1, 0.15) is 5.49 Å². The number of amides is 1. The van der Waals surface area contributed by atoms with E-state index in [1.165, 1.54) is 0 Å². The van der Waals surface area contributed by atoms with Crippen molar-refractivity contribution in [2.45, 2.75) is 13.0 Å². The molecule has 1 aromatic carbocycles. The number of aryl methyl sites for hydroxylation is 1. The molecule has 1 unspecified atom stereocenters. The fraction of sp³-hybridized carbons (Fsp3) is 0.222. The van der Waals surface area contributed by atoms with Crippen LogP contribution in [0.4, 0.5) is 0 Å². The molecule has 0 aliphatic carbocycles. The lowest BCUT2D eigenvalue weighted by Gasteiger charge is -2.26. The van der Waals surface area contributed by atoms with E-state index in [0.717, 1.165) is 27.9 Å². The smallest absolute Gasteiger partial charge is 0.265 e. The van der Waals surface area contributed by atoms with E-state index >= 15 is 0 Å². The van der Waals surface area contributed by atoms with Crippen LogP contribution in [0, 0.1) is 6.92 Å². The highest BCUT2D eigenvalue weighted by molar-refractivity contribution is 5.97. The summed E-state index contributed by atoms with van der Waals surface area (Å²) < 4.78 is 1.93. The molecule has 0 radical (unpaired) electrons. The number of pyridine rings is 1. The number of carbonyl (C=O) groups is 1. The minimum atomic E-state index is -0.154. The van der Waals surface area contributed by atoms with E-state index in [0.29, 0.717) is 12.1 Å². The highest BCUT2D eigenvalue weighted by atomic mass is 16.2. The van der Waals surface area contributed by atoms with Gasteiger partial charge in [-0.2, -0.15) is 0 Å². The third-order valence-corrected chi connectivity index (χ3v) is 4.21. The second kappa shape index (κ2) is 6.43. The predicted octanol–water partition coefficient (Wildman–Crippen LogP) is 1.09. The van der Waals surface area contributed by atoms with E-state index in [1.807, 2.05) is 48.0 Å². The molecule has 0 fully saturated rings. The summed E-state index contributed by atoms with van der Waals surface area (Å²) >= 11 is 0. The van der Waals surface area contributed by atoms with Crippen molar-refractivity contribution in [3.63, 3.8) is 0 Å². The number of carbonyl (C=O) groups excluding carboxylic acids is 1. The third kappa shape index (κ3) is 2.77. The van der Waals surface area contributed by atoms with Crippen LogP contribution >= 0.6 is 0 Å². The van der Waals surface area contributed by atoms with Crippen LogP contribution in [0.15, 0.2) is 48.1 Å². The van der Waals surface area contributed by atoms with Gasteiger partial charge in [-0.15, -0.1) is 0 Å². The number of hydrogen-bond donors (Lipinski definition) is 3. The standard InChI is InChI=1S/C18H21N5O/c1-11-6-7-23(17(8-11)20-3)12(2)13-4-5-14-15(9-13)16(10-19)21-22-18(14)24/h4-9,16,21H,2,10,19H2,1,3H3,(H,22,24)/b20-17-. The van der Waals surface area contributed by atoms with Gasteiger partial charge in [0.05, 0.1) is 6.04 Å². The van der Waals surface area contributed by atoms with Crippen molar-refractivity contribution in [1.29, 1.82) is 0 Å². The number of hydrogen-bond acceptors (Lipinski definition) is 4. The van der Waals surface area contributed by atoms with Crippen molar-refractivity contribution in [2.24, 2.45) is 10.7 Å². The number of nitrogens with one attached hydrogen (secondary N) is 2. The highest BCUT2D eigenvalue weighted by Gasteiger charge is 2.24. The van der Waals surface area contributed by atoms with E-state index in [9.17, 15) is 4.79 Å². The fourth-order valence-corrected chi connectivity index (χ4v) is 2.85. The zero-order chi connectivity index (χ0) is 17.3. The molecule has 1 aliphatic heterocycles. The summed E-state index contributed by atoms with van der Waals surface area (Å²) in [5.74, 6) is -0.154. The molecule has 0 saturated carbocycles. The Hall–Kier alpha value is -2.70. The first-order valence-corrected chi connectivity index (χ1v) is 7.77. The Labute approximate surface area is 140 Å². The molecule has 6 heteroatoms. The summed E-state index contributed by atoms with van der Waals surface area (Å²) in [6.07, 6.45) is 1.95. The third-order valence-electron chi connectivity index (χ3n) is 4.21. The maximum absolute atomic E-state index is 12.0. The number of nitrogens with two attached hydrogens (primary N) is 1. The summed E-state index contributed by atoms with van der Waals surface area (Å²) in [6.45, 7) is 6.61. The molecule has 4 N–H and O–H groups in total. The lowest BCUT2D eigenvalue weighted by Crippen LogP contribution is -2.47. The summed E-state index contributed by atoms with van der Waals surface area (Å²) in [7, 11) is 1.75. The van der Waals surface area contributed by atoms with Gasteiger partial charge < -0.3 is 10.3 Å². The van der Waals surface area contributed by atoms with Gasteiger partial charge >= 0.3 is 0 Å². The van der Waals surface area contributed by atoms with Crippen molar-refractivity contribution in [3.05, 3.63) is 70.8 Å². The molecule has 24 heavy (non-hydrogen) atoms. The summed E-state index contributed by atoms with van der Waals surface area (Å²) in [5.41, 5.74) is 16.5. The molecule has 1 aliphatic rings. The van der Waals surface area contributed by atoms with E-state index in [-0.39, 0.29) is 11.9 Å².